The second-order valence-electron chi connectivity index (χ2n) is 10.7. The maximum absolute atomic E-state index is 12.9. The van der Waals surface area contributed by atoms with E-state index < -0.39 is 24.4 Å². The summed E-state index contributed by atoms with van der Waals surface area (Å²) in [6, 6.07) is 21.2. The summed E-state index contributed by atoms with van der Waals surface area (Å²) in [5.74, 6) is 0.0271. The van der Waals surface area contributed by atoms with Gasteiger partial charge in [-0.25, -0.2) is 4.79 Å². The van der Waals surface area contributed by atoms with Gasteiger partial charge in [-0.15, -0.1) is 0 Å². The smallest absolute Gasteiger partial charge is 0.492 e. The Morgan fingerprint density at radius 2 is 1.58 bits per heavy atom. The molecule has 3 aromatic rings. The molecule has 38 heavy (non-hydrogen) atoms. The second kappa shape index (κ2) is 10.1. The van der Waals surface area contributed by atoms with Crippen molar-refractivity contribution in [3.8, 4) is 16.9 Å². The molecule has 0 radical (unpaired) electrons. The fourth-order valence-corrected chi connectivity index (χ4v) is 5.04. The Hall–Kier alpha value is -3.26. The van der Waals surface area contributed by atoms with Gasteiger partial charge < -0.3 is 24.5 Å². The highest BCUT2D eigenvalue weighted by Gasteiger charge is 2.52. The second-order valence-corrected chi connectivity index (χ2v) is 11.1. The molecule has 1 fully saturated rings. The normalized spacial score (nSPS) is 17.7. The summed E-state index contributed by atoms with van der Waals surface area (Å²) in [6.07, 6.45) is 1.18. The van der Waals surface area contributed by atoms with Gasteiger partial charge in [-0.2, -0.15) is 0 Å². The highest BCUT2D eigenvalue weighted by atomic mass is 35.5. The predicted octanol–water partition coefficient (Wildman–Crippen LogP) is 6.60. The molecule has 6 nitrogen and oxygen atoms in total. The first kappa shape index (κ1) is 26.4. The van der Waals surface area contributed by atoms with Gasteiger partial charge in [0.05, 0.1) is 11.2 Å². The topological polar surface area (TPSA) is 77.0 Å². The van der Waals surface area contributed by atoms with Crippen LogP contribution in [0.25, 0.3) is 17.2 Å². The van der Waals surface area contributed by atoms with Crippen molar-refractivity contribution in [3.05, 3.63) is 93.9 Å². The van der Waals surface area contributed by atoms with Gasteiger partial charge in [-0.1, -0.05) is 66.2 Å². The number of phenolic OH excluding ortho intramolecular Hbond substituents is 1. The standard InChI is InChI=1S/C30H31BClNO5/c1-29(2)30(3,4)38-31(37-29)20(15-19-16-21(32)13-14-27(19)34)17-33-28(35)36-18-26-24-11-7-5-9-22(24)23-10-6-8-12-25(23)26/h5-16,26,34H,17-18H2,1-4H3,(H,33,35). The van der Waals surface area contributed by atoms with Crippen LogP contribution < -0.4 is 5.32 Å². The maximum atomic E-state index is 12.9. The van der Waals surface area contributed by atoms with Crippen molar-refractivity contribution in [2.75, 3.05) is 13.2 Å². The fourth-order valence-electron chi connectivity index (χ4n) is 4.86. The maximum Gasteiger partial charge on any atom is 0.492 e. The molecule has 0 spiro atoms. The van der Waals surface area contributed by atoms with Crippen molar-refractivity contribution in [1.29, 1.82) is 0 Å². The summed E-state index contributed by atoms with van der Waals surface area (Å²) in [4.78, 5) is 12.9. The van der Waals surface area contributed by atoms with Crippen LogP contribution >= 0.6 is 11.6 Å². The first-order valence-corrected chi connectivity index (χ1v) is 13.1. The van der Waals surface area contributed by atoms with Crippen molar-refractivity contribution < 1.29 is 23.9 Å². The van der Waals surface area contributed by atoms with Crippen LogP contribution in [0.5, 0.6) is 5.75 Å². The summed E-state index contributed by atoms with van der Waals surface area (Å²) in [5.41, 5.74) is 4.61. The molecule has 1 heterocycles. The number of carbonyl (C=O) groups is 1. The summed E-state index contributed by atoms with van der Waals surface area (Å²) in [7, 11) is -0.729. The van der Waals surface area contributed by atoms with Gasteiger partial charge in [-0.3, -0.25) is 0 Å². The molecular formula is C30H31BClNO5. The van der Waals surface area contributed by atoms with E-state index in [1.54, 1.807) is 18.2 Å². The highest BCUT2D eigenvalue weighted by Crippen LogP contribution is 2.44. The molecule has 0 aromatic heterocycles. The zero-order valence-corrected chi connectivity index (χ0v) is 22.7. The Morgan fingerprint density at radius 1 is 1.00 bits per heavy atom. The van der Waals surface area contributed by atoms with Crippen LogP contribution in [0.15, 0.2) is 72.2 Å². The minimum Gasteiger partial charge on any atom is -0.507 e. The van der Waals surface area contributed by atoms with E-state index in [0.29, 0.717) is 16.1 Å². The van der Waals surface area contributed by atoms with E-state index in [1.165, 1.54) is 17.2 Å². The third-order valence-electron chi connectivity index (χ3n) is 7.67. The largest absolute Gasteiger partial charge is 0.507 e. The van der Waals surface area contributed by atoms with Crippen LogP contribution in [0.4, 0.5) is 4.79 Å². The van der Waals surface area contributed by atoms with E-state index in [4.69, 9.17) is 25.6 Å². The Balaban J connectivity index is 1.31. The Bertz CT molecular complexity index is 1340. The average molecular weight is 532 g/mol. The van der Waals surface area contributed by atoms with Crippen LogP contribution in [0.3, 0.4) is 0 Å². The molecule has 0 atom stereocenters. The Morgan fingerprint density at radius 3 is 2.18 bits per heavy atom. The van der Waals surface area contributed by atoms with Crippen LogP contribution in [0.1, 0.15) is 50.3 Å². The van der Waals surface area contributed by atoms with Gasteiger partial charge in [0.2, 0.25) is 0 Å². The van der Waals surface area contributed by atoms with E-state index in [1.807, 2.05) is 52.0 Å². The highest BCUT2D eigenvalue weighted by molar-refractivity contribution is 6.56. The number of phenols is 1. The number of alkyl carbamates (subject to hydrolysis) is 1. The number of hydrogen-bond acceptors (Lipinski definition) is 5. The fraction of sp³-hybridized carbons (Fsp3) is 0.300. The third kappa shape index (κ3) is 5.06. The van der Waals surface area contributed by atoms with E-state index in [2.05, 4.69) is 29.6 Å². The molecule has 196 valence electrons. The van der Waals surface area contributed by atoms with E-state index in [-0.39, 0.29) is 24.8 Å². The summed E-state index contributed by atoms with van der Waals surface area (Å²) < 4.78 is 18.1. The van der Waals surface area contributed by atoms with E-state index in [9.17, 15) is 9.90 Å². The molecule has 1 aliphatic carbocycles. The molecule has 2 aliphatic rings. The van der Waals surface area contributed by atoms with Gasteiger partial charge in [0.25, 0.3) is 0 Å². The molecular weight excluding hydrogens is 501 g/mol. The Kier molecular flexibility index (Phi) is 7.03. The van der Waals surface area contributed by atoms with Gasteiger partial charge in [0.1, 0.15) is 12.4 Å². The SMILES string of the molecule is CC1(C)OB(C(=Cc2cc(Cl)ccc2O)CNC(=O)OCC2c3ccccc3-c3ccccc32)OC1(C)C. The molecule has 1 aliphatic heterocycles. The minimum atomic E-state index is -0.729. The van der Waals surface area contributed by atoms with Crippen molar-refractivity contribution in [2.24, 2.45) is 0 Å². The summed E-state index contributed by atoms with van der Waals surface area (Å²) in [6.45, 7) is 8.14. The van der Waals surface area contributed by atoms with E-state index >= 15 is 0 Å². The predicted molar refractivity (Wildman–Crippen MR) is 150 cm³/mol. The van der Waals surface area contributed by atoms with Crippen LogP contribution in [-0.4, -0.2) is 42.7 Å². The molecule has 0 bridgehead atoms. The molecule has 1 amide bonds. The average Bonchev–Trinajstić information content (AvgIpc) is 3.31. The number of aromatic hydroxyl groups is 1. The Labute approximate surface area is 228 Å². The number of hydrogen-bond donors (Lipinski definition) is 2. The lowest BCUT2D eigenvalue weighted by Crippen LogP contribution is -2.41. The van der Waals surface area contributed by atoms with Crippen LogP contribution in [-0.2, 0) is 14.0 Å². The molecule has 3 aromatic carbocycles. The lowest BCUT2D eigenvalue weighted by atomic mass is 9.77. The minimum absolute atomic E-state index is 0.0327. The lowest BCUT2D eigenvalue weighted by Gasteiger charge is -2.32. The lowest BCUT2D eigenvalue weighted by molar-refractivity contribution is 0.00578. The molecule has 0 unspecified atom stereocenters. The van der Waals surface area contributed by atoms with Crippen molar-refractivity contribution >= 4 is 30.9 Å². The number of fused-ring (bicyclic) bond motifs is 3. The number of amides is 1. The summed E-state index contributed by atoms with van der Waals surface area (Å²) >= 11 is 6.16. The number of benzene rings is 3. The number of halogens is 1. The zero-order valence-electron chi connectivity index (χ0n) is 22.0. The van der Waals surface area contributed by atoms with Gasteiger partial charge >= 0.3 is 13.2 Å². The quantitative estimate of drug-likeness (QED) is 0.351. The van der Waals surface area contributed by atoms with Crippen molar-refractivity contribution in [1.82, 2.24) is 5.32 Å². The molecule has 0 saturated carbocycles. The number of rotatable bonds is 6. The van der Waals surface area contributed by atoms with Crippen LogP contribution in [0.2, 0.25) is 5.02 Å². The molecule has 1 saturated heterocycles. The molecule has 2 N–H and O–H groups in total. The molecule has 5 rings (SSSR count). The number of carbonyl (C=O) groups excluding carboxylic acids is 1. The van der Waals surface area contributed by atoms with Crippen LogP contribution in [0, 0.1) is 0 Å². The number of nitrogens with one attached hydrogen (secondary N) is 1. The monoisotopic (exact) mass is 531 g/mol. The molecule has 8 heteroatoms. The number of ether oxygens (including phenoxy) is 1. The zero-order chi connectivity index (χ0) is 27.1. The van der Waals surface area contributed by atoms with E-state index in [0.717, 1.165) is 11.1 Å². The van der Waals surface area contributed by atoms with Crippen molar-refractivity contribution in [3.63, 3.8) is 0 Å². The summed E-state index contributed by atoms with van der Waals surface area (Å²) in [5, 5.41) is 13.7. The van der Waals surface area contributed by atoms with Gasteiger partial charge in [0, 0.05) is 23.0 Å². The van der Waals surface area contributed by atoms with Gasteiger partial charge in [-0.05, 0) is 73.6 Å². The first-order chi connectivity index (χ1) is 18.1. The first-order valence-electron chi connectivity index (χ1n) is 12.7. The third-order valence-corrected chi connectivity index (χ3v) is 7.90. The van der Waals surface area contributed by atoms with Crippen molar-refractivity contribution in [2.45, 2.75) is 44.8 Å². The van der Waals surface area contributed by atoms with Gasteiger partial charge in [0.15, 0.2) is 0 Å².